The lowest BCUT2D eigenvalue weighted by Gasteiger charge is -2.32. The number of ether oxygens (including phenoxy) is 2. The smallest absolute Gasteiger partial charge is 0.191 e. The highest BCUT2D eigenvalue weighted by atomic mass is 16.5. The number of hydrogen-bond acceptors (Lipinski definition) is 5. The molecule has 7 nitrogen and oxygen atoms in total. The van der Waals surface area contributed by atoms with Crippen LogP contribution in [0.15, 0.2) is 27.8 Å². The summed E-state index contributed by atoms with van der Waals surface area (Å²) in [4.78, 5) is 7.32. The number of hydrogen-bond donors (Lipinski definition) is 2. The van der Waals surface area contributed by atoms with E-state index in [0.29, 0.717) is 19.8 Å². The molecule has 27 heavy (non-hydrogen) atoms. The number of likely N-dealkylation sites (tertiary alicyclic amines) is 1. The van der Waals surface area contributed by atoms with Crippen molar-refractivity contribution in [1.29, 1.82) is 0 Å². The van der Waals surface area contributed by atoms with Gasteiger partial charge in [0.2, 0.25) is 0 Å². The van der Waals surface area contributed by atoms with E-state index in [-0.39, 0.29) is 6.04 Å². The summed E-state index contributed by atoms with van der Waals surface area (Å²) in [6.45, 7) is 8.67. The molecule has 2 heterocycles. The predicted molar refractivity (Wildman–Crippen MR) is 108 cm³/mol. The first-order valence-corrected chi connectivity index (χ1v) is 10.2. The van der Waals surface area contributed by atoms with Crippen molar-refractivity contribution in [2.24, 2.45) is 4.99 Å². The first-order valence-electron chi connectivity index (χ1n) is 10.2. The average Bonchev–Trinajstić information content (AvgIpc) is 3.22. The molecule has 1 saturated heterocycles. The second-order valence-electron chi connectivity index (χ2n) is 6.73. The van der Waals surface area contributed by atoms with Gasteiger partial charge in [0, 0.05) is 26.8 Å². The lowest BCUT2D eigenvalue weighted by atomic mass is 10.1. The molecule has 1 aromatic rings. The predicted octanol–water partition coefficient (Wildman–Crippen LogP) is 2.41. The van der Waals surface area contributed by atoms with E-state index < -0.39 is 0 Å². The first kappa shape index (κ1) is 21.7. The molecule has 0 radical (unpaired) electrons. The van der Waals surface area contributed by atoms with E-state index in [0.717, 1.165) is 50.9 Å². The van der Waals surface area contributed by atoms with E-state index in [1.54, 1.807) is 13.4 Å². The lowest BCUT2D eigenvalue weighted by molar-refractivity contribution is 0.0698. The number of guanidine groups is 1. The van der Waals surface area contributed by atoms with Gasteiger partial charge >= 0.3 is 0 Å². The Bertz CT molecular complexity index is 501. The highest BCUT2D eigenvalue weighted by Crippen LogP contribution is 2.25. The third kappa shape index (κ3) is 8.32. The highest BCUT2D eigenvalue weighted by Gasteiger charge is 2.24. The molecule has 0 saturated carbocycles. The molecule has 2 N–H and O–H groups in total. The Kier molecular flexibility index (Phi) is 10.9. The van der Waals surface area contributed by atoms with Crippen LogP contribution in [0.1, 0.15) is 44.4 Å². The average molecular weight is 381 g/mol. The summed E-state index contributed by atoms with van der Waals surface area (Å²) in [6, 6.07) is 4.23. The zero-order valence-electron chi connectivity index (χ0n) is 16.9. The molecular formula is C20H36N4O3. The maximum Gasteiger partial charge on any atom is 0.191 e. The number of furan rings is 1. The van der Waals surface area contributed by atoms with Gasteiger partial charge in [0.25, 0.3) is 0 Å². The van der Waals surface area contributed by atoms with Crippen molar-refractivity contribution in [2.45, 2.75) is 38.6 Å². The van der Waals surface area contributed by atoms with Crippen LogP contribution in [0.3, 0.4) is 0 Å². The highest BCUT2D eigenvalue weighted by molar-refractivity contribution is 5.79. The number of aliphatic imine (C=N–C) groups is 1. The Balaban J connectivity index is 1.84. The number of nitrogens with one attached hydrogen (secondary N) is 2. The van der Waals surface area contributed by atoms with Gasteiger partial charge in [-0.25, -0.2) is 0 Å². The van der Waals surface area contributed by atoms with Crippen molar-refractivity contribution >= 4 is 5.96 Å². The second-order valence-corrected chi connectivity index (χ2v) is 6.73. The number of methoxy groups -OCH3 is 1. The summed E-state index contributed by atoms with van der Waals surface area (Å²) < 4.78 is 16.2. The van der Waals surface area contributed by atoms with Crippen LogP contribution in [0.5, 0.6) is 0 Å². The van der Waals surface area contributed by atoms with Gasteiger partial charge in [-0.15, -0.1) is 0 Å². The maximum atomic E-state index is 5.71. The van der Waals surface area contributed by atoms with Gasteiger partial charge in [-0.1, -0.05) is 6.42 Å². The molecule has 1 fully saturated rings. The molecule has 0 bridgehead atoms. The van der Waals surface area contributed by atoms with E-state index in [1.807, 2.05) is 6.07 Å². The fraction of sp³-hybridized carbons (Fsp3) is 0.750. The summed E-state index contributed by atoms with van der Waals surface area (Å²) in [5.74, 6) is 1.85. The summed E-state index contributed by atoms with van der Waals surface area (Å²) >= 11 is 0. The minimum absolute atomic E-state index is 0.202. The number of piperidine rings is 1. The second kappa shape index (κ2) is 13.6. The lowest BCUT2D eigenvalue weighted by Crippen LogP contribution is -2.40. The molecule has 1 atom stereocenters. The quantitative estimate of drug-likeness (QED) is 0.330. The molecule has 0 aromatic carbocycles. The number of rotatable bonds is 12. The molecule has 0 spiro atoms. The van der Waals surface area contributed by atoms with E-state index in [9.17, 15) is 0 Å². The zero-order valence-corrected chi connectivity index (χ0v) is 16.9. The largest absolute Gasteiger partial charge is 0.468 e. The molecule has 1 aromatic heterocycles. The molecule has 1 aliphatic heterocycles. The van der Waals surface area contributed by atoms with Crippen molar-refractivity contribution in [1.82, 2.24) is 15.5 Å². The number of nitrogens with zero attached hydrogens (tertiary/aromatic N) is 2. The Morgan fingerprint density at radius 3 is 2.78 bits per heavy atom. The molecule has 1 unspecified atom stereocenters. The molecular weight excluding hydrogens is 344 g/mol. The summed E-state index contributed by atoms with van der Waals surface area (Å²) in [5, 5.41) is 6.72. The van der Waals surface area contributed by atoms with Crippen molar-refractivity contribution in [2.75, 3.05) is 59.7 Å². The monoisotopic (exact) mass is 380 g/mol. The van der Waals surface area contributed by atoms with Crippen LogP contribution in [0.2, 0.25) is 0 Å². The zero-order chi connectivity index (χ0) is 19.2. The van der Waals surface area contributed by atoms with Crippen molar-refractivity contribution in [3.63, 3.8) is 0 Å². The third-order valence-electron chi connectivity index (χ3n) is 4.66. The van der Waals surface area contributed by atoms with Crippen LogP contribution in [-0.2, 0) is 9.47 Å². The van der Waals surface area contributed by atoms with Crippen LogP contribution in [0, 0.1) is 0 Å². The van der Waals surface area contributed by atoms with E-state index in [2.05, 4.69) is 28.5 Å². The van der Waals surface area contributed by atoms with Gasteiger partial charge in [-0.2, -0.15) is 0 Å². The van der Waals surface area contributed by atoms with Gasteiger partial charge in [-0.05, 0) is 51.4 Å². The topological polar surface area (TPSA) is 71.3 Å². The Labute approximate surface area is 163 Å². The molecule has 2 rings (SSSR count). The van der Waals surface area contributed by atoms with Crippen LogP contribution in [0.25, 0.3) is 0 Å². The minimum atomic E-state index is 0.202. The van der Waals surface area contributed by atoms with Gasteiger partial charge in [-0.3, -0.25) is 9.89 Å². The normalized spacial score (nSPS) is 17.0. The molecule has 1 aliphatic rings. The van der Waals surface area contributed by atoms with Crippen LogP contribution < -0.4 is 10.6 Å². The first-order chi connectivity index (χ1) is 13.3. The van der Waals surface area contributed by atoms with Crippen molar-refractivity contribution in [3.8, 4) is 0 Å². The maximum absolute atomic E-state index is 5.71. The van der Waals surface area contributed by atoms with Gasteiger partial charge in [0.1, 0.15) is 5.76 Å². The molecule has 0 amide bonds. The standard InChI is InChI=1S/C20H36N4O3/c1-3-21-20(22-10-8-13-26-16-15-25-2)23-17-18(19-9-7-14-27-19)24-11-5-4-6-12-24/h7,9,14,18H,3-6,8,10-13,15-17H2,1-2H3,(H2,21,22,23). The van der Waals surface area contributed by atoms with Gasteiger partial charge < -0.3 is 24.5 Å². The molecule has 7 heteroatoms. The fourth-order valence-corrected chi connectivity index (χ4v) is 3.24. The van der Waals surface area contributed by atoms with Crippen molar-refractivity contribution in [3.05, 3.63) is 24.2 Å². The van der Waals surface area contributed by atoms with Crippen LogP contribution in [0.4, 0.5) is 0 Å². The van der Waals surface area contributed by atoms with Crippen molar-refractivity contribution < 1.29 is 13.9 Å². The van der Waals surface area contributed by atoms with E-state index >= 15 is 0 Å². The Morgan fingerprint density at radius 1 is 1.22 bits per heavy atom. The molecule has 154 valence electrons. The Morgan fingerprint density at radius 2 is 2.07 bits per heavy atom. The van der Waals surface area contributed by atoms with E-state index in [1.165, 1.54) is 19.3 Å². The third-order valence-corrected chi connectivity index (χ3v) is 4.66. The van der Waals surface area contributed by atoms with Crippen LogP contribution in [-0.4, -0.2) is 70.5 Å². The fourth-order valence-electron chi connectivity index (χ4n) is 3.24. The Hall–Kier alpha value is -1.57. The summed E-state index contributed by atoms with van der Waals surface area (Å²) in [6.07, 6.45) is 6.51. The SMILES string of the molecule is CCNC(=NCC(c1ccco1)N1CCCCC1)NCCCOCCOC. The molecule has 0 aliphatic carbocycles. The summed E-state index contributed by atoms with van der Waals surface area (Å²) in [7, 11) is 1.68. The van der Waals surface area contributed by atoms with Gasteiger partial charge in [0.05, 0.1) is 32.1 Å². The minimum Gasteiger partial charge on any atom is -0.468 e. The van der Waals surface area contributed by atoms with Gasteiger partial charge in [0.15, 0.2) is 5.96 Å². The van der Waals surface area contributed by atoms with E-state index in [4.69, 9.17) is 18.9 Å². The van der Waals surface area contributed by atoms with Crippen LogP contribution >= 0.6 is 0 Å². The summed E-state index contributed by atoms with van der Waals surface area (Å²) in [5.41, 5.74) is 0.